The van der Waals surface area contributed by atoms with Gasteiger partial charge < -0.3 is 15.4 Å². The van der Waals surface area contributed by atoms with Gasteiger partial charge in [-0.3, -0.25) is 9.69 Å². The van der Waals surface area contributed by atoms with E-state index in [4.69, 9.17) is 4.74 Å². The van der Waals surface area contributed by atoms with Gasteiger partial charge in [0.25, 0.3) is 0 Å². The second-order valence-electron chi connectivity index (χ2n) is 5.64. The molecule has 2 N–H and O–H groups in total. The highest BCUT2D eigenvalue weighted by molar-refractivity contribution is 5.77. The Morgan fingerprint density at radius 1 is 1.40 bits per heavy atom. The van der Waals surface area contributed by atoms with Crippen LogP contribution in [-0.2, 0) is 9.53 Å². The predicted molar refractivity (Wildman–Crippen MR) is 81.8 cm³/mol. The van der Waals surface area contributed by atoms with Gasteiger partial charge >= 0.3 is 0 Å². The molecule has 0 aromatic heterocycles. The standard InChI is InChI=1S/C15H31N3O2/c1-3-4-7-17-15(19)13-18-9-5-6-14(12-18)11-16-8-10-20-2/h14,16H,3-13H2,1-2H3,(H,17,19). The number of ether oxygens (including phenoxy) is 1. The highest BCUT2D eigenvalue weighted by Gasteiger charge is 2.21. The zero-order valence-corrected chi connectivity index (χ0v) is 13.1. The minimum Gasteiger partial charge on any atom is -0.383 e. The van der Waals surface area contributed by atoms with Gasteiger partial charge in [-0.1, -0.05) is 13.3 Å². The number of amides is 1. The number of piperidine rings is 1. The molecule has 1 rings (SSSR count). The summed E-state index contributed by atoms with van der Waals surface area (Å²) in [7, 11) is 1.72. The zero-order valence-electron chi connectivity index (χ0n) is 13.1. The monoisotopic (exact) mass is 285 g/mol. The van der Waals surface area contributed by atoms with Crippen molar-refractivity contribution in [3.8, 4) is 0 Å². The SMILES string of the molecule is CCCCNC(=O)CN1CCCC(CNCCOC)C1. The quantitative estimate of drug-likeness (QED) is 0.584. The lowest BCUT2D eigenvalue weighted by Gasteiger charge is -2.32. The smallest absolute Gasteiger partial charge is 0.234 e. The average molecular weight is 285 g/mol. The van der Waals surface area contributed by atoms with Crippen molar-refractivity contribution in [2.75, 3.05) is 53.0 Å². The molecule has 5 nitrogen and oxygen atoms in total. The number of likely N-dealkylation sites (tertiary alicyclic amines) is 1. The number of carbonyl (C=O) groups is 1. The number of carbonyl (C=O) groups excluding carboxylic acids is 1. The van der Waals surface area contributed by atoms with Gasteiger partial charge in [0.1, 0.15) is 0 Å². The van der Waals surface area contributed by atoms with E-state index in [1.165, 1.54) is 12.8 Å². The predicted octanol–water partition coefficient (Wildman–Crippen LogP) is 0.851. The second kappa shape index (κ2) is 11.1. The van der Waals surface area contributed by atoms with Crippen LogP contribution in [0.3, 0.4) is 0 Å². The fourth-order valence-electron chi connectivity index (χ4n) is 2.61. The summed E-state index contributed by atoms with van der Waals surface area (Å²) in [5.41, 5.74) is 0. The van der Waals surface area contributed by atoms with Crippen molar-refractivity contribution in [1.82, 2.24) is 15.5 Å². The van der Waals surface area contributed by atoms with Crippen molar-refractivity contribution in [2.45, 2.75) is 32.6 Å². The van der Waals surface area contributed by atoms with Crippen LogP contribution in [0.25, 0.3) is 0 Å². The molecule has 1 atom stereocenters. The highest BCUT2D eigenvalue weighted by atomic mass is 16.5. The first-order chi connectivity index (χ1) is 9.76. The summed E-state index contributed by atoms with van der Waals surface area (Å²) in [4.78, 5) is 14.1. The molecule has 0 aliphatic carbocycles. The topological polar surface area (TPSA) is 53.6 Å². The van der Waals surface area contributed by atoms with Gasteiger partial charge in [-0.2, -0.15) is 0 Å². The average Bonchev–Trinajstić information content (AvgIpc) is 2.44. The van der Waals surface area contributed by atoms with Crippen LogP contribution in [0.4, 0.5) is 0 Å². The lowest BCUT2D eigenvalue weighted by atomic mass is 9.98. The van der Waals surface area contributed by atoms with Crippen molar-refractivity contribution >= 4 is 5.91 Å². The maximum absolute atomic E-state index is 11.8. The molecular formula is C15H31N3O2. The Kier molecular flexibility index (Phi) is 9.62. The van der Waals surface area contributed by atoms with E-state index in [-0.39, 0.29) is 5.91 Å². The Balaban J connectivity index is 2.14. The van der Waals surface area contributed by atoms with E-state index in [0.717, 1.165) is 52.2 Å². The second-order valence-corrected chi connectivity index (χ2v) is 5.64. The normalized spacial score (nSPS) is 20.0. The van der Waals surface area contributed by atoms with Crippen molar-refractivity contribution in [3.63, 3.8) is 0 Å². The van der Waals surface area contributed by atoms with Crippen molar-refractivity contribution in [2.24, 2.45) is 5.92 Å². The van der Waals surface area contributed by atoms with E-state index in [0.29, 0.717) is 12.5 Å². The Labute approximate surface area is 123 Å². The molecule has 1 saturated heterocycles. The molecule has 0 spiro atoms. The van der Waals surface area contributed by atoms with E-state index < -0.39 is 0 Å². The van der Waals surface area contributed by atoms with Gasteiger partial charge in [-0.25, -0.2) is 0 Å². The molecule has 1 heterocycles. The summed E-state index contributed by atoms with van der Waals surface area (Å²) in [5, 5.41) is 6.41. The van der Waals surface area contributed by atoms with Crippen LogP contribution >= 0.6 is 0 Å². The molecule has 0 radical (unpaired) electrons. The summed E-state index contributed by atoms with van der Waals surface area (Å²) in [6.07, 6.45) is 4.64. The van der Waals surface area contributed by atoms with Crippen molar-refractivity contribution in [3.05, 3.63) is 0 Å². The molecule has 118 valence electrons. The molecule has 0 saturated carbocycles. The molecule has 0 aromatic rings. The van der Waals surface area contributed by atoms with Crippen LogP contribution in [0.2, 0.25) is 0 Å². The van der Waals surface area contributed by atoms with E-state index >= 15 is 0 Å². The van der Waals surface area contributed by atoms with Gasteiger partial charge in [0.15, 0.2) is 0 Å². The summed E-state index contributed by atoms with van der Waals surface area (Å²) in [6, 6.07) is 0. The molecular weight excluding hydrogens is 254 g/mol. The number of unbranched alkanes of at least 4 members (excludes halogenated alkanes) is 1. The van der Waals surface area contributed by atoms with Crippen molar-refractivity contribution in [1.29, 1.82) is 0 Å². The highest BCUT2D eigenvalue weighted by Crippen LogP contribution is 2.15. The zero-order chi connectivity index (χ0) is 14.6. The third kappa shape index (κ3) is 7.82. The number of methoxy groups -OCH3 is 1. The molecule has 0 aromatic carbocycles. The Bertz CT molecular complexity index is 262. The number of nitrogens with one attached hydrogen (secondary N) is 2. The van der Waals surface area contributed by atoms with Gasteiger partial charge in [0.2, 0.25) is 5.91 Å². The molecule has 1 aliphatic rings. The molecule has 1 fully saturated rings. The summed E-state index contributed by atoms with van der Waals surface area (Å²) in [5.74, 6) is 0.829. The van der Waals surface area contributed by atoms with Crippen LogP contribution < -0.4 is 10.6 Å². The molecule has 1 aliphatic heterocycles. The first-order valence-electron chi connectivity index (χ1n) is 7.95. The fraction of sp³-hybridized carbons (Fsp3) is 0.933. The van der Waals surface area contributed by atoms with E-state index in [1.54, 1.807) is 7.11 Å². The van der Waals surface area contributed by atoms with Crippen LogP contribution in [0.15, 0.2) is 0 Å². The third-order valence-electron chi connectivity index (χ3n) is 3.74. The first-order valence-corrected chi connectivity index (χ1v) is 7.95. The molecule has 20 heavy (non-hydrogen) atoms. The maximum atomic E-state index is 11.8. The minimum atomic E-state index is 0.173. The Morgan fingerprint density at radius 3 is 3.00 bits per heavy atom. The van der Waals surface area contributed by atoms with Crippen LogP contribution in [-0.4, -0.2) is 63.8 Å². The lowest BCUT2D eigenvalue weighted by molar-refractivity contribution is -0.122. The molecule has 1 amide bonds. The van der Waals surface area contributed by atoms with Crippen LogP contribution in [0.1, 0.15) is 32.6 Å². The van der Waals surface area contributed by atoms with Crippen molar-refractivity contribution < 1.29 is 9.53 Å². The van der Waals surface area contributed by atoms with Gasteiger partial charge in [-0.15, -0.1) is 0 Å². The van der Waals surface area contributed by atoms with E-state index in [1.807, 2.05) is 0 Å². The number of hydrogen-bond acceptors (Lipinski definition) is 4. The van der Waals surface area contributed by atoms with Crippen LogP contribution in [0.5, 0.6) is 0 Å². The fourth-order valence-corrected chi connectivity index (χ4v) is 2.61. The Morgan fingerprint density at radius 2 is 2.25 bits per heavy atom. The van der Waals surface area contributed by atoms with E-state index in [2.05, 4.69) is 22.5 Å². The third-order valence-corrected chi connectivity index (χ3v) is 3.74. The van der Waals surface area contributed by atoms with Gasteiger partial charge in [-0.05, 0) is 38.3 Å². The maximum Gasteiger partial charge on any atom is 0.234 e. The molecule has 0 bridgehead atoms. The largest absolute Gasteiger partial charge is 0.383 e. The first kappa shape index (κ1) is 17.4. The summed E-state index contributed by atoms with van der Waals surface area (Å²) >= 11 is 0. The summed E-state index contributed by atoms with van der Waals surface area (Å²) < 4.78 is 5.03. The Hall–Kier alpha value is -0.650. The van der Waals surface area contributed by atoms with Gasteiger partial charge in [0, 0.05) is 26.7 Å². The van der Waals surface area contributed by atoms with E-state index in [9.17, 15) is 4.79 Å². The number of nitrogens with zero attached hydrogens (tertiary/aromatic N) is 1. The van der Waals surface area contributed by atoms with Gasteiger partial charge in [0.05, 0.1) is 13.2 Å². The minimum absolute atomic E-state index is 0.173. The lowest BCUT2D eigenvalue weighted by Crippen LogP contribution is -2.44. The summed E-state index contributed by atoms with van der Waals surface area (Å²) in [6.45, 7) is 8.27. The number of rotatable bonds is 10. The molecule has 1 unspecified atom stereocenters. The van der Waals surface area contributed by atoms with Crippen LogP contribution in [0, 0.1) is 5.92 Å². The number of hydrogen-bond donors (Lipinski definition) is 2. The molecule has 5 heteroatoms.